The minimum absolute atomic E-state index is 0.309. The molecule has 2 rings (SSSR count). The Kier molecular flexibility index (Phi) is 3.07. The third kappa shape index (κ3) is 2.38. The quantitative estimate of drug-likeness (QED) is 0.684. The highest BCUT2D eigenvalue weighted by molar-refractivity contribution is 6.28. The van der Waals surface area contributed by atoms with Gasteiger partial charge in [-0.3, -0.25) is 0 Å². The van der Waals surface area contributed by atoms with Gasteiger partial charge in [-0.05, 0) is 25.4 Å². The summed E-state index contributed by atoms with van der Waals surface area (Å²) in [7, 11) is 0. The Morgan fingerprint density at radius 2 is 2.33 bits per heavy atom. The SMILES string of the molecule is Cc1cc(N2CCOCC2C)nc(Cl)n1. The maximum atomic E-state index is 5.84. The molecule has 0 saturated carbocycles. The van der Waals surface area contributed by atoms with Gasteiger partial charge in [0.2, 0.25) is 5.28 Å². The molecule has 1 fully saturated rings. The minimum atomic E-state index is 0.309. The summed E-state index contributed by atoms with van der Waals surface area (Å²) in [6.07, 6.45) is 0. The van der Waals surface area contributed by atoms with Crippen LogP contribution in [0, 0.1) is 6.92 Å². The van der Waals surface area contributed by atoms with Crippen molar-refractivity contribution in [3.8, 4) is 0 Å². The molecule has 82 valence electrons. The van der Waals surface area contributed by atoms with Crippen LogP contribution in [-0.2, 0) is 4.74 Å². The lowest BCUT2D eigenvalue weighted by Crippen LogP contribution is -2.44. The van der Waals surface area contributed by atoms with Crippen LogP contribution in [-0.4, -0.2) is 35.8 Å². The van der Waals surface area contributed by atoms with Crippen molar-refractivity contribution in [3.05, 3.63) is 17.0 Å². The van der Waals surface area contributed by atoms with Crippen LogP contribution in [0.25, 0.3) is 0 Å². The highest BCUT2D eigenvalue weighted by Crippen LogP contribution is 2.19. The summed E-state index contributed by atoms with van der Waals surface area (Å²) >= 11 is 5.84. The van der Waals surface area contributed by atoms with Crippen molar-refractivity contribution in [1.82, 2.24) is 9.97 Å². The smallest absolute Gasteiger partial charge is 0.224 e. The Hall–Kier alpha value is -0.870. The first kappa shape index (κ1) is 10.6. The van der Waals surface area contributed by atoms with Crippen molar-refractivity contribution < 1.29 is 4.74 Å². The molecule has 4 nitrogen and oxygen atoms in total. The van der Waals surface area contributed by atoms with E-state index in [0.717, 1.165) is 31.3 Å². The van der Waals surface area contributed by atoms with E-state index >= 15 is 0 Å². The van der Waals surface area contributed by atoms with Gasteiger partial charge in [0.15, 0.2) is 0 Å². The van der Waals surface area contributed by atoms with Gasteiger partial charge in [-0.25, -0.2) is 9.97 Å². The zero-order chi connectivity index (χ0) is 10.8. The molecule has 0 radical (unpaired) electrons. The predicted molar refractivity (Wildman–Crippen MR) is 59.4 cm³/mol. The van der Waals surface area contributed by atoms with Crippen molar-refractivity contribution in [2.45, 2.75) is 19.9 Å². The fourth-order valence-electron chi connectivity index (χ4n) is 1.73. The first-order valence-electron chi connectivity index (χ1n) is 5.02. The van der Waals surface area contributed by atoms with Gasteiger partial charge in [-0.2, -0.15) is 0 Å². The number of halogens is 1. The number of rotatable bonds is 1. The Morgan fingerprint density at radius 1 is 1.53 bits per heavy atom. The van der Waals surface area contributed by atoms with Crippen LogP contribution in [0.5, 0.6) is 0 Å². The molecule has 1 aromatic rings. The van der Waals surface area contributed by atoms with E-state index in [1.165, 1.54) is 0 Å². The molecule has 5 heteroatoms. The van der Waals surface area contributed by atoms with Crippen LogP contribution >= 0.6 is 11.6 Å². The second-order valence-corrected chi connectivity index (χ2v) is 4.09. The molecule has 0 spiro atoms. The summed E-state index contributed by atoms with van der Waals surface area (Å²) in [5.41, 5.74) is 0.892. The molecular weight excluding hydrogens is 214 g/mol. The van der Waals surface area contributed by atoms with E-state index < -0.39 is 0 Å². The van der Waals surface area contributed by atoms with Gasteiger partial charge in [0.25, 0.3) is 0 Å². The Bertz CT molecular complexity index is 338. The van der Waals surface area contributed by atoms with Gasteiger partial charge >= 0.3 is 0 Å². The molecule has 0 aromatic carbocycles. The second-order valence-electron chi connectivity index (χ2n) is 3.75. The van der Waals surface area contributed by atoms with E-state index in [0.29, 0.717) is 11.3 Å². The van der Waals surface area contributed by atoms with Gasteiger partial charge in [-0.1, -0.05) is 0 Å². The maximum Gasteiger partial charge on any atom is 0.224 e. The van der Waals surface area contributed by atoms with Crippen LogP contribution in [0.3, 0.4) is 0 Å². The highest BCUT2D eigenvalue weighted by Gasteiger charge is 2.20. The second kappa shape index (κ2) is 4.33. The lowest BCUT2D eigenvalue weighted by molar-refractivity contribution is 0.0985. The summed E-state index contributed by atoms with van der Waals surface area (Å²) in [6, 6.07) is 2.29. The molecule has 1 aliphatic heterocycles. The van der Waals surface area contributed by atoms with Crippen LogP contribution in [0.4, 0.5) is 5.82 Å². The Labute approximate surface area is 94.2 Å². The van der Waals surface area contributed by atoms with Crippen LogP contribution in [0.1, 0.15) is 12.6 Å². The fraction of sp³-hybridized carbons (Fsp3) is 0.600. The van der Waals surface area contributed by atoms with Crippen LogP contribution < -0.4 is 4.90 Å². The van der Waals surface area contributed by atoms with Gasteiger partial charge < -0.3 is 9.64 Å². The van der Waals surface area contributed by atoms with E-state index in [1.807, 2.05) is 13.0 Å². The number of aromatic nitrogens is 2. The molecule has 1 aliphatic rings. The summed E-state index contributed by atoms with van der Waals surface area (Å²) < 4.78 is 5.38. The lowest BCUT2D eigenvalue weighted by Gasteiger charge is -2.34. The number of hydrogen-bond donors (Lipinski definition) is 0. The molecule has 1 atom stereocenters. The average Bonchev–Trinajstić information content (AvgIpc) is 2.16. The average molecular weight is 228 g/mol. The molecule has 0 amide bonds. The number of ether oxygens (including phenoxy) is 1. The molecule has 0 aliphatic carbocycles. The summed E-state index contributed by atoms with van der Waals surface area (Å²) in [4.78, 5) is 10.5. The van der Waals surface area contributed by atoms with Crippen molar-refractivity contribution in [2.24, 2.45) is 0 Å². The summed E-state index contributed by atoms with van der Waals surface area (Å²) in [6.45, 7) is 6.37. The number of morpholine rings is 1. The van der Waals surface area contributed by atoms with Gasteiger partial charge in [0.05, 0.1) is 19.3 Å². The highest BCUT2D eigenvalue weighted by atomic mass is 35.5. The molecule has 1 unspecified atom stereocenters. The predicted octanol–water partition coefficient (Wildman–Crippen LogP) is 1.66. The third-order valence-corrected chi connectivity index (χ3v) is 2.64. The van der Waals surface area contributed by atoms with E-state index in [-0.39, 0.29) is 0 Å². The van der Waals surface area contributed by atoms with Gasteiger partial charge in [0, 0.05) is 18.3 Å². The van der Waals surface area contributed by atoms with Gasteiger partial charge in [0.1, 0.15) is 5.82 Å². The van der Waals surface area contributed by atoms with Crippen LogP contribution in [0.15, 0.2) is 6.07 Å². The van der Waals surface area contributed by atoms with E-state index in [1.54, 1.807) is 0 Å². The largest absolute Gasteiger partial charge is 0.377 e. The fourth-order valence-corrected chi connectivity index (χ4v) is 1.95. The molecule has 0 bridgehead atoms. The van der Waals surface area contributed by atoms with Crippen molar-refractivity contribution in [3.63, 3.8) is 0 Å². The lowest BCUT2D eigenvalue weighted by atomic mass is 10.2. The first-order valence-corrected chi connectivity index (χ1v) is 5.40. The van der Waals surface area contributed by atoms with Crippen molar-refractivity contribution >= 4 is 17.4 Å². The standard InChI is InChI=1S/C10H14ClN3O/c1-7-5-9(13-10(11)12-7)14-3-4-15-6-8(14)2/h5,8H,3-4,6H2,1-2H3. The summed E-state index contributed by atoms with van der Waals surface area (Å²) in [5, 5.41) is 0.309. The molecule has 0 N–H and O–H groups in total. The zero-order valence-electron chi connectivity index (χ0n) is 8.90. The van der Waals surface area contributed by atoms with Crippen LogP contribution in [0.2, 0.25) is 5.28 Å². The topological polar surface area (TPSA) is 38.2 Å². The van der Waals surface area contributed by atoms with E-state index in [9.17, 15) is 0 Å². The van der Waals surface area contributed by atoms with E-state index in [4.69, 9.17) is 16.3 Å². The molecule has 2 heterocycles. The van der Waals surface area contributed by atoms with Crippen molar-refractivity contribution in [1.29, 1.82) is 0 Å². The third-order valence-electron chi connectivity index (χ3n) is 2.48. The number of hydrogen-bond acceptors (Lipinski definition) is 4. The zero-order valence-corrected chi connectivity index (χ0v) is 9.66. The minimum Gasteiger partial charge on any atom is -0.377 e. The van der Waals surface area contributed by atoms with E-state index in [2.05, 4.69) is 21.8 Å². The molecule has 1 aromatic heterocycles. The first-order chi connectivity index (χ1) is 7.16. The Morgan fingerprint density at radius 3 is 3.00 bits per heavy atom. The Balaban J connectivity index is 2.27. The summed E-state index contributed by atoms with van der Waals surface area (Å²) in [5.74, 6) is 0.892. The monoisotopic (exact) mass is 227 g/mol. The number of nitrogens with zero attached hydrogens (tertiary/aromatic N) is 3. The number of aryl methyl sites for hydroxylation is 1. The van der Waals surface area contributed by atoms with Gasteiger partial charge in [-0.15, -0.1) is 0 Å². The molecule has 1 saturated heterocycles. The normalized spacial score (nSPS) is 21.8. The van der Waals surface area contributed by atoms with Crippen molar-refractivity contribution in [2.75, 3.05) is 24.7 Å². The number of anilines is 1. The maximum absolute atomic E-state index is 5.84. The molecule has 15 heavy (non-hydrogen) atoms. The molecular formula is C10H14ClN3O.